The van der Waals surface area contributed by atoms with Crippen molar-refractivity contribution in [3.8, 4) is 0 Å². The zero-order valence-corrected chi connectivity index (χ0v) is 11.2. The fraction of sp³-hybridized carbons (Fsp3) is 0.429. The van der Waals surface area contributed by atoms with Crippen molar-refractivity contribution in [2.75, 3.05) is 0 Å². The van der Waals surface area contributed by atoms with E-state index in [0.717, 1.165) is 5.56 Å². The molecule has 0 spiro atoms. The summed E-state index contributed by atoms with van der Waals surface area (Å²) in [5, 5.41) is 8.62. The quantitative estimate of drug-likeness (QED) is 0.602. The van der Waals surface area contributed by atoms with Gasteiger partial charge in [-0.1, -0.05) is 30.3 Å². The van der Waals surface area contributed by atoms with Gasteiger partial charge in [-0.15, -0.1) is 0 Å². The van der Waals surface area contributed by atoms with Gasteiger partial charge in [0.2, 0.25) is 0 Å². The van der Waals surface area contributed by atoms with Gasteiger partial charge in [-0.3, -0.25) is 9.59 Å². The number of esters is 1. The van der Waals surface area contributed by atoms with Crippen molar-refractivity contribution >= 4 is 11.9 Å². The van der Waals surface area contributed by atoms with E-state index in [1.54, 1.807) is 0 Å². The molecule has 1 rings (SSSR count). The largest absolute Gasteiger partial charge is 0.480 e. The van der Waals surface area contributed by atoms with E-state index in [1.165, 1.54) is 0 Å². The van der Waals surface area contributed by atoms with E-state index in [9.17, 15) is 9.59 Å². The van der Waals surface area contributed by atoms with Gasteiger partial charge in [0.25, 0.3) is 0 Å². The lowest BCUT2D eigenvalue weighted by molar-refractivity contribution is -0.146. The van der Waals surface area contributed by atoms with E-state index in [-0.39, 0.29) is 13.0 Å². The summed E-state index contributed by atoms with van der Waals surface area (Å²) in [6.45, 7) is 0.183. The zero-order chi connectivity index (χ0) is 15.0. The molecule has 0 aliphatic heterocycles. The van der Waals surface area contributed by atoms with Crippen molar-refractivity contribution in [1.82, 2.24) is 0 Å². The van der Waals surface area contributed by atoms with Crippen molar-refractivity contribution in [3.05, 3.63) is 35.9 Å². The number of aliphatic carboxylic acids is 1. The molecule has 0 fully saturated rings. The molecule has 1 aromatic rings. The minimum absolute atomic E-state index is 0.183. The molecule has 1 unspecified atom stereocenters. The molecule has 110 valence electrons. The number of carbonyl (C=O) groups is 2. The second kappa shape index (κ2) is 8.29. The number of nitrogens with two attached hydrogens (primary N) is 2. The molecule has 0 bridgehead atoms. The van der Waals surface area contributed by atoms with Gasteiger partial charge >= 0.3 is 11.9 Å². The maximum absolute atomic E-state index is 11.6. The Labute approximate surface area is 117 Å². The Kier molecular flexibility index (Phi) is 6.69. The minimum atomic E-state index is -1.05. The number of rotatable bonds is 8. The van der Waals surface area contributed by atoms with Crippen molar-refractivity contribution in [2.24, 2.45) is 11.5 Å². The summed E-state index contributed by atoms with van der Waals surface area (Å²) >= 11 is 0. The molecule has 6 nitrogen and oxygen atoms in total. The summed E-state index contributed by atoms with van der Waals surface area (Å²) in [6.07, 6.45) is 1.11. The van der Waals surface area contributed by atoms with Crippen LogP contribution in [0.4, 0.5) is 0 Å². The summed E-state index contributed by atoms with van der Waals surface area (Å²) in [6, 6.07) is 7.63. The second-order valence-corrected chi connectivity index (χ2v) is 4.58. The highest BCUT2D eigenvalue weighted by molar-refractivity contribution is 5.75. The predicted molar refractivity (Wildman–Crippen MR) is 73.7 cm³/mol. The fourth-order valence-electron chi connectivity index (χ4n) is 1.63. The van der Waals surface area contributed by atoms with Crippen LogP contribution >= 0.6 is 0 Å². The topological polar surface area (TPSA) is 116 Å². The van der Waals surface area contributed by atoms with E-state index in [2.05, 4.69) is 0 Å². The number of carboxylic acids is 1. The van der Waals surface area contributed by atoms with E-state index in [4.69, 9.17) is 21.3 Å². The molecule has 0 aliphatic carbocycles. The summed E-state index contributed by atoms with van der Waals surface area (Å²) in [7, 11) is 0. The first kappa shape index (κ1) is 16.1. The Morgan fingerprint density at radius 3 is 2.30 bits per heavy atom. The monoisotopic (exact) mass is 280 g/mol. The van der Waals surface area contributed by atoms with Crippen molar-refractivity contribution < 1.29 is 19.4 Å². The van der Waals surface area contributed by atoms with Crippen LogP contribution in [0.25, 0.3) is 0 Å². The van der Waals surface area contributed by atoms with Crippen molar-refractivity contribution in [1.29, 1.82) is 0 Å². The van der Waals surface area contributed by atoms with Gasteiger partial charge in [-0.2, -0.15) is 0 Å². The number of ether oxygens (including phenoxy) is 1. The van der Waals surface area contributed by atoms with Gasteiger partial charge in [-0.25, -0.2) is 0 Å². The maximum atomic E-state index is 11.6. The summed E-state index contributed by atoms with van der Waals surface area (Å²) < 4.78 is 5.08. The van der Waals surface area contributed by atoms with Gasteiger partial charge in [0.1, 0.15) is 18.7 Å². The highest BCUT2D eigenvalue weighted by Crippen LogP contribution is 2.06. The maximum Gasteiger partial charge on any atom is 0.323 e. The molecule has 1 aromatic carbocycles. The summed E-state index contributed by atoms with van der Waals surface area (Å²) in [4.78, 5) is 22.2. The number of benzene rings is 1. The molecule has 0 radical (unpaired) electrons. The number of hydrogen-bond acceptors (Lipinski definition) is 5. The van der Waals surface area contributed by atoms with Crippen molar-refractivity contribution in [3.63, 3.8) is 0 Å². The summed E-state index contributed by atoms with van der Waals surface area (Å²) in [5.74, 6) is -1.54. The van der Waals surface area contributed by atoms with Crippen LogP contribution in [0.2, 0.25) is 0 Å². The number of carboxylic acid groups (broad SMARTS) is 1. The van der Waals surface area contributed by atoms with Crippen LogP contribution in [0.1, 0.15) is 24.8 Å². The first-order valence-electron chi connectivity index (χ1n) is 6.45. The Bertz CT molecular complexity index is 436. The molecule has 0 saturated heterocycles. The average Bonchev–Trinajstić information content (AvgIpc) is 2.45. The normalized spacial score (nSPS) is 13.5. The van der Waals surface area contributed by atoms with Crippen LogP contribution in [-0.2, 0) is 20.9 Å². The van der Waals surface area contributed by atoms with E-state index < -0.39 is 24.0 Å². The molecule has 5 N–H and O–H groups in total. The van der Waals surface area contributed by atoms with Gasteiger partial charge in [0.15, 0.2) is 0 Å². The Morgan fingerprint density at radius 2 is 1.70 bits per heavy atom. The smallest absolute Gasteiger partial charge is 0.323 e. The molecule has 0 aromatic heterocycles. The van der Waals surface area contributed by atoms with Gasteiger partial charge in [-0.05, 0) is 24.8 Å². The molecular weight excluding hydrogens is 260 g/mol. The van der Waals surface area contributed by atoms with Gasteiger partial charge in [0.05, 0.1) is 0 Å². The second-order valence-electron chi connectivity index (χ2n) is 4.58. The molecule has 6 heteroatoms. The van der Waals surface area contributed by atoms with E-state index >= 15 is 0 Å². The van der Waals surface area contributed by atoms with Gasteiger partial charge < -0.3 is 21.3 Å². The molecule has 0 saturated carbocycles. The lowest BCUT2D eigenvalue weighted by atomic mass is 10.1. The number of hydrogen-bond donors (Lipinski definition) is 3. The summed E-state index contributed by atoms with van der Waals surface area (Å²) in [5.41, 5.74) is 11.9. The van der Waals surface area contributed by atoms with Crippen LogP contribution in [-0.4, -0.2) is 29.1 Å². The predicted octanol–water partition coefficient (Wildman–Crippen LogP) is 0.639. The van der Waals surface area contributed by atoms with Crippen LogP contribution in [0.5, 0.6) is 0 Å². The third-order valence-electron chi connectivity index (χ3n) is 2.87. The van der Waals surface area contributed by atoms with Crippen LogP contribution in [0.15, 0.2) is 30.3 Å². The Morgan fingerprint density at radius 1 is 1.10 bits per heavy atom. The minimum Gasteiger partial charge on any atom is -0.480 e. The fourth-order valence-corrected chi connectivity index (χ4v) is 1.63. The molecule has 0 heterocycles. The molecule has 20 heavy (non-hydrogen) atoms. The van der Waals surface area contributed by atoms with Crippen LogP contribution in [0, 0.1) is 0 Å². The highest BCUT2D eigenvalue weighted by atomic mass is 16.5. The third kappa shape index (κ3) is 5.81. The zero-order valence-electron chi connectivity index (χ0n) is 11.2. The molecule has 2 atom stereocenters. The number of carbonyl (C=O) groups excluding carboxylic acids is 1. The Hall–Kier alpha value is -1.92. The first-order valence-corrected chi connectivity index (χ1v) is 6.45. The highest BCUT2D eigenvalue weighted by Gasteiger charge is 2.17. The van der Waals surface area contributed by atoms with Crippen LogP contribution in [0.3, 0.4) is 0 Å². The van der Waals surface area contributed by atoms with Crippen molar-refractivity contribution in [2.45, 2.75) is 38.0 Å². The Balaban J connectivity index is 2.24. The SMILES string of the molecule is NC(CCC[C@@H](N)C(=O)O)C(=O)OCc1ccccc1. The van der Waals surface area contributed by atoms with E-state index in [1.807, 2.05) is 30.3 Å². The van der Waals surface area contributed by atoms with E-state index in [0.29, 0.717) is 12.8 Å². The first-order chi connectivity index (χ1) is 9.50. The lowest BCUT2D eigenvalue weighted by Crippen LogP contribution is -2.34. The standard InChI is InChI=1S/C14H20N2O4/c15-11(13(17)18)7-4-8-12(16)14(19)20-9-10-5-2-1-3-6-10/h1-3,5-6,11-12H,4,7-9,15-16H2,(H,17,18)/t11-,12?/m1/s1. The average molecular weight is 280 g/mol. The molecular formula is C14H20N2O4. The van der Waals surface area contributed by atoms with Crippen LogP contribution < -0.4 is 11.5 Å². The van der Waals surface area contributed by atoms with Gasteiger partial charge in [0, 0.05) is 0 Å². The molecule has 0 amide bonds. The molecule has 0 aliphatic rings. The lowest BCUT2D eigenvalue weighted by Gasteiger charge is -2.12. The third-order valence-corrected chi connectivity index (χ3v) is 2.87.